The molecule has 0 saturated carbocycles. The molecule has 0 spiro atoms. The van der Waals surface area contributed by atoms with Gasteiger partial charge >= 0.3 is 0 Å². The topological polar surface area (TPSA) is 38.3 Å². The molecule has 3 aromatic carbocycles. The molecular weight excluding hydrogens is 334 g/mol. The van der Waals surface area contributed by atoms with Crippen molar-refractivity contribution in [1.82, 2.24) is 0 Å². The zero-order valence-electron chi connectivity index (χ0n) is 16.2. The summed E-state index contributed by atoms with van der Waals surface area (Å²) in [5.74, 6) is 0.647. The van der Waals surface area contributed by atoms with Crippen LogP contribution in [0.4, 0.5) is 5.69 Å². The van der Waals surface area contributed by atoms with E-state index in [-0.39, 0.29) is 11.3 Å². The fraction of sp³-hybridized carbons (Fsp3) is 0.208. The molecule has 3 rings (SSSR count). The van der Waals surface area contributed by atoms with E-state index in [0.717, 1.165) is 22.6 Å². The first kappa shape index (κ1) is 18.7. The number of carbonyl (C=O) groups excluding carboxylic acids is 1. The molecule has 0 aromatic heterocycles. The highest BCUT2D eigenvalue weighted by molar-refractivity contribution is 6.06. The number of anilines is 1. The number of ether oxygens (including phenoxy) is 1. The second kappa shape index (κ2) is 7.67. The van der Waals surface area contributed by atoms with Gasteiger partial charge in [0.05, 0.1) is 7.11 Å². The first-order chi connectivity index (χ1) is 12.9. The molecule has 0 saturated heterocycles. The van der Waals surface area contributed by atoms with Gasteiger partial charge in [-0.05, 0) is 41.3 Å². The zero-order valence-corrected chi connectivity index (χ0v) is 16.2. The number of hydrogen-bond acceptors (Lipinski definition) is 2. The number of nitrogens with one attached hydrogen (secondary N) is 1. The normalized spacial score (nSPS) is 11.1. The lowest BCUT2D eigenvalue weighted by atomic mass is 9.85. The van der Waals surface area contributed by atoms with Gasteiger partial charge in [-0.2, -0.15) is 0 Å². The average molecular weight is 359 g/mol. The van der Waals surface area contributed by atoms with Gasteiger partial charge in [0.2, 0.25) is 0 Å². The third-order valence-electron chi connectivity index (χ3n) is 4.57. The van der Waals surface area contributed by atoms with E-state index < -0.39 is 0 Å². The Kier molecular flexibility index (Phi) is 5.31. The van der Waals surface area contributed by atoms with Gasteiger partial charge < -0.3 is 10.1 Å². The predicted octanol–water partition coefficient (Wildman–Crippen LogP) is 5.91. The van der Waals surface area contributed by atoms with E-state index in [0.29, 0.717) is 5.56 Å². The summed E-state index contributed by atoms with van der Waals surface area (Å²) < 4.78 is 5.56. The Bertz CT molecular complexity index is 940. The Morgan fingerprint density at radius 3 is 2.19 bits per heavy atom. The Hall–Kier alpha value is -3.07. The van der Waals surface area contributed by atoms with Crippen molar-refractivity contribution in [1.29, 1.82) is 0 Å². The molecule has 0 aliphatic heterocycles. The monoisotopic (exact) mass is 359 g/mol. The van der Waals surface area contributed by atoms with Crippen molar-refractivity contribution in [2.45, 2.75) is 26.2 Å². The molecule has 3 nitrogen and oxygen atoms in total. The summed E-state index contributed by atoms with van der Waals surface area (Å²) >= 11 is 0. The maximum atomic E-state index is 12.7. The molecule has 0 unspecified atom stereocenters. The molecular formula is C24H25NO2. The smallest absolute Gasteiger partial charge is 0.255 e. The second-order valence-electron chi connectivity index (χ2n) is 7.53. The van der Waals surface area contributed by atoms with Crippen LogP contribution in [0.25, 0.3) is 11.1 Å². The minimum Gasteiger partial charge on any atom is -0.496 e. The SMILES string of the molecule is COc1ccccc1-c1cc(C(C)(C)C)ccc1NC(=O)c1ccccc1. The summed E-state index contributed by atoms with van der Waals surface area (Å²) in [5, 5.41) is 3.06. The Morgan fingerprint density at radius 2 is 1.52 bits per heavy atom. The Balaban J connectivity index is 2.09. The molecule has 27 heavy (non-hydrogen) atoms. The molecule has 0 fully saturated rings. The van der Waals surface area contributed by atoms with Crippen LogP contribution in [0.2, 0.25) is 0 Å². The lowest BCUT2D eigenvalue weighted by Gasteiger charge is -2.22. The fourth-order valence-corrected chi connectivity index (χ4v) is 2.99. The van der Waals surface area contributed by atoms with Crippen LogP contribution in [0.1, 0.15) is 36.7 Å². The van der Waals surface area contributed by atoms with Crippen molar-refractivity contribution in [3.8, 4) is 16.9 Å². The molecule has 1 amide bonds. The number of amides is 1. The summed E-state index contributed by atoms with van der Waals surface area (Å²) in [5.41, 5.74) is 4.49. The van der Waals surface area contributed by atoms with Gasteiger partial charge in [-0.1, -0.05) is 63.2 Å². The molecule has 0 aliphatic carbocycles. The van der Waals surface area contributed by atoms with Gasteiger partial charge in [0.15, 0.2) is 0 Å². The van der Waals surface area contributed by atoms with E-state index in [4.69, 9.17) is 4.74 Å². The first-order valence-electron chi connectivity index (χ1n) is 9.04. The van der Waals surface area contributed by atoms with E-state index in [2.05, 4.69) is 38.2 Å². The highest BCUT2D eigenvalue weighted by Crippen LogP contribution is 2.38. The molecule has 3 aromatic rings. The highest BCUT2D eigenvalue weighted by atomic mass is 16.5. The van der Waals surface area contributed by atoms with E-state index in [1.54, 1.807) is 7.11 Å². The van der Waals surface area contributed by atoms with Crippen LogP contribution in [0.5, 0.6) is 5.75 Å². The molecule has 0 atom stereocenters. The number of rotatable bonds is 4. The number of hydrogen-bond donors (Lipinski definition) is 1. The molecule has 1 N–H and O–H groups in total. The molecule has 0 aliphatic rings. The summed E-state index contributed by atoms with van der Waals surface area (Å²) in [6.07, 6.45) is 0. The van der Waals surface area contributed by atoms with E-state index in [9.17, 15) is 4.79 Å². The van der Waals surface area contributed by atoms with Gasteiger partial charge in [-0.15, -0.1) is 0 Å². The van der Waals surface area contributed by atoms with Crippen LogP contribution in [-0.2, 0) is 5.41 Å². The van der Waals surface area contributed by atoms with Crippen molar-refractivity contribution in [3.63, 3.8) is 0 Å². The number of benzene rings is 3. The number of para-hydroxylation sites is 1. The third-order valence-corrected chi connectivity index (χ3v) is 4.57. The van der Waals surface area contributed by atoms with Crippen LogP contribution in [0.15, 0.2) is 72.8 Å². The van der Waals surface area contributed by atoms with Gasteiger partial charge in [0.25, 0.3) is 5.91 Å². The minimum absolute atomic E-state index is 0.00126. The van der Waals surface area contributed by atoms with E-state index in [1.807, 2.05) is 60.7 Å². The van der Waals surface area contributed by atoms with Crippen molar-refractivity contribution in [2.75, 3.05) is 12.4 Å². The molecule has 0 bridgehead atoms. The van der Waals surface area contributed by atoms with Crippen LogP contribution in [-0.4, -0.2) is 13.0 Å². The minimum atomic E-state index is -0.129. The van der Waals surface area contributed by atoms with Crippen molar-refractivity contribution in [3.05, 3.63) is 83.9 Å². The van der Waals surface area contributed by atoms with Crippen molar-refractivity contribution < 1.29 is 9.53 Å². The average Bonchev–Trinajstić information content (AvgIpc) is 2.68. The fourth-order valence-electron chi connectivity index (χ4n) is 2.99. The van der Waals surface area contributed by atoms with Crippen LogP contribution in [0.3, 0.4) is 0 Å². The first-order valence-corrected chi connectivity index (χ1v) is 9.04. The van der Waals surface area contributed by atoms with Crippen LogP contribution < -0.4 is 10.1 Å². The summed E-state index contributed by atoms with van der Waals surface area (Å²) in [4.78, 5) is 12.7. The zero-order chi connectivity index (χ0) is 19.4. The molecule has 138 valence electrons. The quantitative estimate of drug-likeness (QED) is 0.628. The van der Waals surface area contributed by atoms with E-state index >= 15 is 0 Å². The predicted molar refractivity (Wildman–Crippen MR) is 112 cm³/mol. The maximum absolute atomic E-state index is 12.7. The summed E-state index contributed by atoms with van der Waals surface area (Å²) in [7, 11) is 1.66. The Labute approximate surface area is 161 Å². The lowest BCUT2D eigenvalue weighted by Crippen LogP contribution is -2.15. The highest BCUT2D eigenvalue weighted by Gasteiger charge is 2.19. The van der Waals surface area contributed by atoms with Gasteiger partial charge in [0, 0.05) is 22.4 Å². The van der Waals surface area contributed by atoms with Crippen LogP contribution >= 0.6 is 0 Å². The van der Waals surface area contributed by atoms with E-state index in [1.165, 1.54) is 5.56 Å². The molecule has 3 heteroatoms. The number of methoxy groups -OCH3 is 1. The second-order valence-corrected chi connectivity index (χ2v) is 7.53. The van der Waals surface area contributed by atoms with Crippen molar-refractivity contribution in [2.24, 2.45) is 0 Å². The molecule has 0 heterocycles. The lowest BCUT2D eigenvalue weighted by molar-refractivity contribution is 0.102. The summed E-state index contributed by atoms with van der Waals surface area (Å²) in [6, 6.07) is 23.3. The number of carbonyl (C=O) groups is 1. The van der Waals surface area contributed by atoms with Gasteiger partial charge in [-0.25, -0.2) is 0 Å². The maximum Gasteiger partial charge on any atom is 0.255 e. The van der Waals surface area contributed by atoms with Gasteiger partial charge in [-0.3, -0.25) is 4.79 Å². The standard InChI is InChI=1S/C24H25NO2/c1-24(2,3)18-14-15-21(25-23(26)17-10-6-5-7-11-17)20(16-18)19-12-8-9-13-22(19)27-4/h5-16H,1-4H3,(H,25,26). The third kappa shape index (κ3) is 4.20. The largest absolute Gasteiger partial charge is 0.496 e. The Morgan fingerprint density at radius 1 is 0.852 bits per heavy atom. The van der Waals surface area contributed by atoms with Gasteiger partial charge in [0.1, 0.15) is 5.75 Å². The molecule has 0 radical (unpaired) electrons. The van der Waals surface area contributed by atoms with Crippen molar-refractivity contribution >= 4 is 11.6 Å². The van der Waals surface area contributed by atoms with Crippen LogP contribution in [0, 0.1) is 0 Å². The summed E-state index contributed by atoms with van der Waals surface area (Å²) in [6.45, 7) is 6.53.